The van der Waals surface area contributed by atoms with E-state index in [9.17, 15) is 9.11 Å². The van der Waals surface area contributed by atoms with Gasteiger partial charge < -0.3 is 5.73 Å². The standard InChI is InChI=1S/C8H18N2O2S/c1-2-3-8(9)10-4-6-13(11,12)7-5-10/h2-3,8,11-12H,4-7,9H2,1H3/b3-2+. The zero-order valence-electron chi connectivity index (χ0n) is 7.89. The van der Waals surface area contributed by atoms with Gasteiger partial charge in [0, 0.05) is 13.1 Å². The van der Waals surface area contributed by atoms with Crippen LogP contribution < -0.4 is 5.73 Å². The average Bonchev–Trinajstić information content (AvgIpc) is 2.04. The second kappa shape index (κ2) is 4.43. The Labute approximate surface area is 80.8 Å². The van der Waals surface area contributed by atoms with Crippen LogP contribution in [0.15, 0.2) is 12.2 Å². The van der Waals surface area contributed by atoms with Gasteiger partial charge in [0.1, 0.15) is 0 Å². The fourth-order valence-electron chi connectivity index (χ4n) is 1.36. The lowest BCUT2D eigenvalue weighted by atomic mass is 10.3. The maximum Gasteiger partial charge on any atom is 0.0765 e. The number of nitrogens with two attached hydrogens (primary N) is 1. The van der Waals surface area contributed by atoms with Crippen LogP contribution in [0.3, 0.4) is 0 Å². The van der Waals surface area contributed by atoms with Crippen molar-refractivity contribution in [3.8, 4) is 0 Å². The predicted molar refractivity (Wildman–Crippen MR) is 56.9 cm³/mol. The van der Waals surface area contributed by atoms with E-state index in [1.807, 2.05) is 19.1 Å². The maximum atomic E-state index is 9.36. The minimum Gasteiger partial charge on any atom is -0.312 e. The molecule has 0 aromatic heterocycles. The molecule has 0 aliphatic carbocycles. The fraction of sp³-hybridized carbons (Fsp3) is 0.750. The first-order valence-electron chi connectivity index (χ1n) is 4.41. The van der Waals surface area contributed by atoms with E-state index < -0.39 is 10.6 Å². The van der Waals surface area contributed by atoms with Crippen LogP contribution in [-0.2, 0) is 0 Å². The van der Waals surface area contributed by atoms with E-state index in [-0.39, 0.29) is 6.17 Å². The third-order valence-corrected chi connectivity index (χ3v) is 3.89. The summed E-state index contributed by atoms with van der Waals surface area (Å²) in [5, 5.41) is 0. The maximum absolute atomic E-state index is 9.36. The molecule has 4 nitrogen and oxygen atoms in total. The highest BCUT2D eigenvalue weighted by Crippen LogP contribution is 2.40. The summed E-state index contributed by atoms with van der Waals surface area (Å²) in [4.78, 5) is 2.05. The summed E-state index contributed by atoms with van der Waals surface area (Å²) in [5.74, 6) is 0.913. The van der Waals surface area contributed by atoms with Crippen molar-refractivity contribution in [3.05, 3.63) is 12.2 Å². The first kappa shape index (κ1) is 11.0. The Balaban J connectivity index is 2.40. The Kier molecular flexibility index (Phi) is 3.75. The molecule has 1 unspecified atom stereocenters. The summed E-state index contributed by atoms with van der Waals surface area (Å²) in [7, 11) is -2.29. The van der Waals surface area contributed by atoms with Crippen LogP contribution in [0.5, 0.6) is 0 Å². The number of rotatable bonds is 2. The highest BCUT2D eigenvalue weighted by Gasteiger charge is 2.24. The van der Waals surface area contributed by atoms with E-state index in [4.69, 9.17) is 5.73 Å². The van der Waals surface area contributed by atoms with E-state index in [1.54, 1.807) is 0 Å². The van der Waals surface area contributed by atoms with Gasteiger partial charge in [-0.15, -0.1) is 0 Å². The Bertz CT molecular complexity index is 187. The largest absolute Gasteiger partial charge is 0.312 e. The summed E-state index contributed by atoms with van der Waals surface area (Å²) in [6.07, 6.45) is 3.74. The van der Waals surface area contributed by atoms with Crippen molar-refractivity contribution >= 4 is 10.6 Å². The monoisotopic (exact) mass is 206 g/mol. The average molecular weight is 206 g/mol. The van der Waals surface area contributed by atoms with Crippen LogP contribution >= 0.6 is 10.6 Å². The predicted octanol–water partition coefficient (Wildman–Crippen LogP) is 0.913. The van der Waals surface area contributed by atoms with Gasteiger partial charge in [0.15, 0.2) is 0 Å². The van der Waals surface area contributed by atoms with E-state index >= 15 is 0 Å². The normalized spacial score (nSPS) is 28.9. The first-order chi connectivity index (χ1) is 6.05. The summed E-state index contributed by atoms with van der Waals surface area (Å²) in [5.41, 5.74) is 5.83. The van der Waals surface area contributed by atoms with Gasteiger partial charge >= 0.3 is 0 Å². The molecule has 4 N–H and O–H groups in total. The van der Waals surface area contributed by atoms with Crippen LogP contribution in [0, 0.1) is 0 Å². The van der Waals surface area contributed by atoms with Gasteiger partial charge in [0.2, 0.25) is 0 Å². The molecule has 1 aliphatic rings. The Morgan fingerprint density at radius 3 is 2.38 bits per heavy atom. The summed E-state index contributed by atoms with van der Waals surface area (Å²) >= 11 is 0. The molecule has 0 bridgehead atoms. The van der Waals surface area contributed by atoms with Gasteiger partial charge in [-0.25, -0.2) is 0 Å². The lowest BCUT2D eigenvalue weighted by molar-refractivity contribution is 0.245. The molecular weight excluding hydrogens is 188 g/mol. The topological polar surface area (TPSA) is 69.7 Å². The van der Waals surface area contributed by atoms with Crippen molar-refractivity contribution in [1.29, 1.82) is 0 Å². The Morgan fingerprint density at radius 1 is 1.38 bits per heavy atom. The van der Waals surface area contributed by atoms with E-state index in [0.29, 0.717) is 24.6 Å². The number of nitrogens with zero attached hydrogens (tertiary/aromatic N) is 1. The van der Waals surface area contributed by atoms with Crippen LogP contribution in [0.1, 0.15) is 6.92 Å². The fourth-order valence-corrected chi connectivity index (χ4v) is 2.62. The molecule has 13 heavy (non-hydrogen) atoms. The molecule has 1 rings (SSSR count). The quantitative estimate of drug-likeness (QED) is 0.587. The SMILES string of the molecule is C/C=C/C(N)N1CCS(O)(O)CC1. The van der Waals surface area contributed by atoms with Crippen molar-refractivity contribution < 1.29 is 9.11 Å². The summed E-state index contributed by atoms with van der Waals surface area (Å²) < 4.78 is 18.7. The van der Waals surface area contributed by atoms with Gasteiger partial charge in [-0.1, -0.05) is 12.2 Å². The molecule has 0 aromatic carbocycles. The van der Waals surface area contributed by atoms with Crippen molar-refractivity contribution in [3.63, 3.8) is 0 Å². The zero-order chi connectivity index (χ0) is 9.90. The summed E-state index contributed by atoms with van der Waals surface area (Å²) in [6, 6.07) is 0. The van der Waals surface area contributed by atoms with Crippen LogP contribution in [0.25, 0.3) is 0 Å². The van der Waals surface area contributed by atoms with E-state index in [2.05, 4.69) is 4.90 Å². The van der Waals surface area contributed by atoms with Crippen LogP contribution in [0.2, 0.25) is 0 Å². The minimum atomic E-state index is -2.29. The van der Waals surface area contributed by atoms with Crippen LogP contribution in [-0.4, -0.2) is 44.8 Å². The number of hydrogen-bond donors (Lipinski definition) is 3. The third kappa shape index (κ3) is 3.28. The molecule has 0 aromatic rings. The number of allylic oxidation sites excluding steroid dienone is 1. The van der Waals surface area contributed by atoms with Gasteiger partial charge in [-0.3, -0.25) is 14.0 Å². The van der Waals surface area contributed by atoms with Crippen molar-refractivity contribution in [2.75, 3.05) is 24.6 Å². The molecule has 0 spiro atoms. The molecule has 1 aliphatic heterocycles. The molecule has 1 atom stereocenters. The highest BCUT2D eigenvalue weighted by atomic mass is 32.3. The molecule has 1 fully saturated rings. The Hall–Kier alpha value is -0.0700. The molecule has 0 radical (unpaired) electrons. The molecule has 0 amide bonds. The second-order valence-electron chi connectivity index (χ2n) is 3.26. The Morgan fingerprint density at radius 2 is 1.92 bits per heavy atom. The minimum absolute atomic E-state index is 0.0829. The van der Waals surface area contributed by atoms with Gasteiger partial charge in [-0.2, -0.15) is 10.6 Å². The molecular formula is C8H18N2O2S. The van der Waals surface area contributed by atoms with Crippen molar-refractivity contribution in [2.24, 2.45) is 5.73 Å². The molecule has 0 saturated carbocycles. The zero-order valence-corrected chi connectivity index (χ0v) is 8.70. The summed E-state index contributed by atoms with van der Waals surface area (Å²) in [6.45, 7) is 3.28. The van der Waals surface area contributed by atoms with Crippen molar-refractivity contribution in [2.45, 2.75) is 13.1 Å². The molecule has 1 heterocycles. The lowest BCUT2D eigenvalue weighted by Gasteiger charge is -2.42. The van der Waals surface area contributed by atoms with Gasteiger partial charge in [0.05, 0.1) is 17.7 Å². The molecule has 1 saturated heterocycles. The molecule has 78 valence electrons. The second-order valence-corrected chi connectivity index (χ2v) is 5.68. The first-order valence-corrected chi connectivity index (χ1v) is 6.30. The van der Waals surface area contributed by atoms with Gasteiger partial charge in [0.25, 0.3) is 0 Å². The van der Waals surface area contributed by atoms with Crippen molar-refractivity contribution in [1.82, 2.24) is 4.90 Å². The molecule has 5 heteroatoms. The van der Waals surface area contributed by atoms with Gasteiger partial charge in [-0.05, 0) is 6.92 Å². The van der Waals surface area contributed by atoms with E-state index in [0.717, 1.165) is 0 Å². The smallest absolute Gasteiger partial charge is 0.0765 e. The van der Waals surface area contributed by atoms with Crippen LogP contribution in [0.4, 0.5) is 0 Å². The lowest BCUT2D eigenvalue weighted by Crippen LogP contribution is -2.47. The number of hydrogen-bond acceptors (Lipinski definition) is 4. The third-order valence-electron chi connectivity index (χ3n) is 2.22. The van der Waals surface area contributed by atoms with E-state index in [1.165, 1.54) is 0 Å². The highest BCUT2D eigenvalue weighted by molar-refractivity contribution is 8.24.